The van der Waals surface area contributed by atoms with E-state index in [4.69, 9.17) is 9.72 Å². The molecular weight excluding hydrogens is 655 g/mol. The summed E-state index contributed by atoms with van der Waals surface area (Å²) in [6.07, 6.45) is 10.3. The van der Waals surface area contributed by atoms with Crippen LogP contribution in [-0.4, -0.2) is 77.9 Å². The van der Waals surface area contributed by atoms with Crippen molar-refractivity contribution in [3.8, 4) is 5.75 Å². The fourth-order valence-electron chi connectivity index (χ4n) is 6.54. The number of benzene rings is 2. The number of fused-ring (bicyclic) bond motifs is 1. The molecule has 4 heterocycles. The van der Waals surface area contributed by atoms with E-state index in [1.165, 1.54) is 0 Å². The fraction of sp³-hybridized carbons (Fsp3) is 0.406. The van der Waals surface area contributed by atoms with Crippen LogP contribution in [0, 0.1) is 12.3 Å². The summed E-state index contributed by atoms with van der Waals surface area (Å²) in [6.45, 7) is 9.25. The van der Waals surface area contributed by atoms with Crippen molar-refractivity contribution in [1.82, 2.24) is 24.8 Å². The van der Waals surface area contributed by atoms with Crippen LogP contribution in [0.1, 0.15) is 31.2 Å². The lowest BCUT2D eigenvalue weighted by atomic mass is 9.71. The van der Waals surface area contributed by atoms with E-state index < -0.39 is 7.14 Å². The molecule has 45 heavy (non-hydrogen) atoms. The number of carbonyl (C=O) groups excluding carboxylic acids is 1. The van der Waals surface area contributed by atoms with Gasteiger partial charge in [-0.15, -0.1) is 0 Å². The minimum atomic E-state index is -2.74. The number of nitrogens with one attached hydrogen (secondary N) is 2. The van der Waals surface area contributed by atoms with E-state index in [2.05, 4.69) is 65.5 Å². The summed E-state index contributed by atoms with van der Waals surface area (Å²) in [7, 11) is -1.08. The molecule has 236 valence electrons. The molecule has 2 N–H and O–H groups in total. The predicted octanol–water partition coefficient (Wildman–Crippen LogP) is 6.07. The number of rotatable bonds is 8. The lowest BCUT2D eigenvalue weighted by molar-refractivity contribution is -0.120. The number of amides is 1. The maximum absolute atomic E-state index is 13.4. The third kappa shape index (κ3) is 6.49. The third-order valence-electron chi connectivity index (χ3n) is 9.09. The molecule has 4 aromatic rings. The van der Waals surface area contributed by atoms with Crippen LogP contribution in [0.3, 0.4) is 0 Å². The van der Waals surface area contributed by atoms with Gasteiger partial charge in [-0.3, -0.25) is 14.8 Å². The molecule has 13 heteroatoms. The Morgan fingerprint density at radius 1 is 0.978 bits per heavy atom. The van der Waals surface area contributed by atoms with Gasteiger partial charge in [0, 0.05) is 56.5 Å². The Morgan fingerprint density at radius 3 is 2.38 bits per heavy atom. The summed E-state index contributed by atoms with van der Waals surface area (Å²) in [5, 5.41) is 7.32. The number of hydrogen-bond donors (Lipinski definition) is 2. The van der Waals surface area contributed by atoms with E-state index in [1.807, 2.05) is 17.0 Å². The van der Waals surface area contributed by atoms with Gasteiger partial charge in [-0.05, 0) is 91.0 Å². The fourth-order valence-corrected chi connectivity index (χ4v) is 8.22. The Labute approximate surface area is 271 Å². The summed E-state index contributed by atoms with van der Waals surface area (Å²) in [5.74, 6) is 1.59. The first-order valence-corrected chi connectivity index (χ1v) is 18.5. The van der Waals surface area contributed by atoms with E-state index in [9.17, 15) is 9.36 Å². The molecule has 0 unspecified atom stereocenters. The summed E-state index contributed by atoms with van der Waals surface area (Å²) in [5.41, 5.74) is 5.32. The Hall–Kier alpha value is -3.76. The van der Waals surface area contributed by atoms with Crippen molar-refractivity contribution >= 4 is 74.6 Å². The van der Waals surface area contributed by atoms with Crippen molar-refractivity contribution < 1.29 is 14.1 Å². The van der Waals surface area contributed by atoms with Crippen LogP contribution >= 0.6 is 23.1 Å². The number of nitrogens with zero attached hydrogens (tertiary/aromatic N) is 6. The lowest BCUT2D eigenvalue weighted by Crippen LogP contribution is -2.46. The highest BCUT2D eigenvalue weighted by Gasteiger charge is 2.37. The second-order valence-electron chi connectivity index (χ2n) is 12.3. The minimum absolute atomic E-state index is 0.340. The number of carbonyl (C=O) groups is 1. The van der Waals surface area contributed by atoms with Crippen LogP contribution in [0.25, 0.3) is 11.0 Å². The molecule has 2 aromatic carbocycles. The quantitative estimate of drug-likeness (QED) is 0.166. The van der Waals surface area contributed by atoms with Gasteiger partial charge in [0.1, 0.15) is 24.2 Å². The second-order valence-corrected chi connectivity index (χ2v) is 16.3. The molecule has 2 aliphatic rings. The number of piperidine rings is 2. The van der Waals surface area contributed by atoms with Crippen molar-refractivity contribution in [2.24, 2.45) is 5.41 Å². The number of likely N-dealkylation sites (tertiary alicyclic amines) is 1. The molecule has 0 radical (unpaired) electrons. The van der Waals surface area contributed by atoms with Gasteiger partial charge in [0.15, 0.2) is 0 Å². The highest BCUT2D eigenvalue weighted by molar-refractivity contribution is 9.10. The maximum Gasteiger partial charge on any atom is 0.229 e. The summed E-state index contributed by atoms with van der Waals surface area (Å²) in [6, 6.07) is 7.87. The normalized spacial score (nSPS) is 16.6. The van der Waals surface area contributed by atoms with Crippen molar-refractivity contribution in [2.75, 3.05) is 62.2 Å². The van der Waals surface area contributed by atoms with Crippen molar-refractivity contribution in [3.05, 3.63) is 52.9 Å². The number of anilines is 5. The van der Waals surface area contributed by atoms with Crippen LogP contribution in [-0.2, 0) is 9.36 Å². The average Bonchev–Trinajstić information content (AvgIpc) is 3.03. The van der Waals surface area contributed by atoms with Gasteiger partial charge in [0.2, 0.25) is 12.4 Å². The molecule has 0 atom stereocenters. The highest BCUT2D eigenvalue weighted by atomic mass is 79.9. The van der Waals surface area contributed by atoms with E-state index >= 15 is 0 Å². The van der Waals surface area contributed by atoms with Crippen LogP contribution in [0.4, 0.5) is 28.8 Å². The topological polar surface area (TPSA) is 125 Å². The zero-order valence-electron chi connectivity index (χ0n) is 26.0. The number of hydrogen-bond acceptors (Lipinski definition) is 10. The largest absolute Gasteiger partial charge is 0.494 e. The van der Waals surface area contributed by atoms with Crippen molar-refractivity contribution in [3.63, 3.8) is 0 Å². The lowest BCUT2D eigenvalue weighted by Gasteiger charge is -2.47. The van der Waals surface area contributed by atoms with Gasteiger partial charge in [-0.1, -0.05) is 0 Å². The number of halogens is 1. The Balaban J connectivity index is 1.22. The number of methoxy groups -OCH3 is 1. The molecule has 0 bridgehead atoms. The second kappa shape index (κ2) is 12.6. The monoisotopic (exact) mass is 692 g/mol. The van der Waals surface area contributed by atoms with Crippen LogP contribution < -0.4 is 25.6 Å². The number of aryl methyl sites for hydroxylation is 1. The minimum Gasteiger partial charge on any atom is -0.494 e. The maximum atomic E-state index is 13.4. The van der Waals surface area contributed by atoms with Crippen LogP contribution in [0.2, 0.25) is 0 Å². The molecule has 1 spiro atoms. The zero-order chi connectivity index (χ0) is 31.8. The number of aromatic nitrogens is 4. The Bertz CT molecular complexity index is 1780. The first kappa shape index (κ1) is 31.2. The smallest absolute Gasteiger partial charge is 0.229 e. The van der Waals surface area contributed by atoms with E-state index in [0.717, 1.165) is 75.2 Å². The molecule has 2 fully saturated rings. The SMILES string of the molecule is COc1cc(N2CCC3(CCN(C=O)CC3)CC2)c(C)cc1Nc1ncc(Br)c(Nc2ccc3nccnc3c2P(C)(C)=O)n1. The molecule has 2 saturated heterocycles. The van der Waals surface area contributed by atoms with Crippen LogP contribution in [0.15, 0.2) is 47.3 Å². The molecule has 2 aliphatic heterocycles. The predicted molar refractivity (Wildman–Crippen MR) is 183 cm³/mol. The summed E-state index contributed by atoms with van der Waals surface area (Å²) >= 11 is 3.56. The highest BCUT2D eigenvalue weighted by Crippen LogP contribution is 2.44. The molecule has 2 aromatic heterocycles. The molecule has 6 rings (SSSR count). The summed E-state index contributed by atoms with van der Waals surface area (Å²) < 4.78 is 19.9. The zero-order valence-corrected chi connectivity index (χ0v) is 28.5. The van der Waals surface area contributed by atoms with Crippen LogP contribution in [0.5, 0.6) is 5.75 Å². The average molecular weight is 694 g/mol. The molecule has 11 nitrogen and oxygen atoms in total. The van der Waals surface area contributed by atoms with Crippen molar-refractivity contribution in [1.29, 1.82) is 0 Å². The number of ether oxygens (including phenoxy) is 1. The Morgan fingerprint density at radius 2 is 1.69 bits per heavy atom. The van der Waals surface area contributed by atoms with Gasteiger partial charge in [-0.25, -0.2) is 4.98 Å². The van der Waals surface area contributed by atoms with Gasteiger partial charge in [0.25, 0.3) is 0 Å². The molecule has 0 saturated carbocycles. The van der Waals surface area contributed by atoms with Gasteiger partial charge >= 0.3 is 0 Å². The van der Waals surface area contributed by atoms with E-state index in [0.29, 0.717) is 49.4 Å². The molecule has 1 amide bonds. The Kier molecular flexibility index (Phi) is 8.72. The first-order chi connectivity index (χ1) is 21.6. The van der Waals surface area contributed by atoms with E-state index in [1.54, 1.807) is 39.0 Å². The van der Waals surface area contributed by atoms with Gasteiger partial charge < -0.3 is 29.7 Å². The van der Waals surface area contributed by atoms with Gasteiger partial charge in [-0.2, -0.15) is 4.98 Å². The van der Waals surface area contributed by atoms with Gasteiger partial charge in [0.05, 0.1) is 33.8 Å². The molecule has 0 aliphatic carbocycles. The summed E-state index contributed by atoms with van der Waals surface area (Å²) in [4.78, 5) is 33.6. The van der Waals surface area contributed by atoms with E-state index in [-0.39, 0.29) is 0 Å². The van der Waals surface area contributed by atoms with Crippen molar-refractivity contribution in [2.45, 2.75) is 32.6 Å². The standard InChI is InChI=1S/C32H38BrN8O3P/c1-21-17-25(27(44-2)18-26(21)41-15-9-32(10-16-41)7-13-40(20-42)14-8-32)38-31-36-19-22(33)30(39-31)37-24-6-5-23-28(35-12-11-34-23)29(24)45(3,4)43/h5-6,11-12,17-20H,7-10,13-16H2,1-4H3,(H2,36,37,38,39). The first-order valence-electron chi connectivity index (χ1n) is 15.1. The molecular formula is C32H38BrN8O3P. The third-order valence-corrected chi connectivity index (χ3v) is 11.2.